The van der Waals surface area contributed by atoms with Gasteiger partial charge in [-0.1, -0.05) is 0 Å². The van der Waals surface area contributed by atoms with Crippen LogP contribution in [0.2, 0.25) is 0 Å². The number of hydrogen-bond donors (Lipinski definition) is 1. The average Bonchev–Trinajstić information content (AvgIpc) is 3.22. The third-order valence-electron chi connectivity index (χ3n) is 5.09. The second-order valence-electron chi connectivity index (χ2n) is 7.58. The van der Waals surface area contributed by atoms with Crippen LogP contribution in [0.5, 0.6) is 11.5 Å². The maximum Gasteiger partial charge on any atom is 0.411 e. The third kappa shape index (κ3) is 5.34. The van der Waals surface area contributed by atoms with Crippen LogP contribution < -0.4 is 14.8 Å². The van der Waals surface area contributed by atoms with Crippen molar-refractivity contribution in [2.75, 3.05) is 27.9 Å². The van der Waals surface area contributed by atoms with Crippen molar-refractivity contribution in [2.45, 2.75) is 51.3 Å². The van der Waals surface area contributed by atoms with Crippen LogP contribution in [0.15, 0.2) is 18.2 Å². The van der Waals surface area contributed by atoms with Crippen molar-refractivity contribution in [2.24, 2.45) is 0 Å². The minimum atomic E-state index is -0.998. The Kier molecular flexibility index (Phi) is 7.53. The number of amides is 2. The molecule has 1 aliphatic rings. The lowest BCUT2D eigenvalue weighted by Crippen LogP contribution is -2.51. The predicted molar refractivity (Wildman–Crippen MR) is 108 cm³/mol. The van der Waals surface area contributed by atoms with Gasteiger partial charge in [0.2, 0.25) is 5.91 Å². The second-order valence-corrected chi connectivity index (χ2v) is 7.58. The van der Waals surface area contributed by atoms with E-state index >= 15 is 0 Å². The van der Waals surface area contributed by atoms with Gasteiger partial charge in [-0.25, -0.2) is 9.59 Å². The number of esters is 1. The predicted octanol–water partition coefficient (Wildman–Crippen LogP) is 2.22. The largest absolute Gasteiger partial charge is 0.497 e. The standard InChI is InChI=1S/C21H30N2O7/c1-13(19(25)29-6)22-18(24)17-8-7-9-23(17)20(26)30-21(2,3)14-10-15(27-4)12-16(11-14)28-5/h10-13,17H,7-9H2,1-6H3,(H,22,24)/t13-,17+/m1/s1. The van der Waals surface area contributed by atoms with Gasteiger partial charge in [-0.3, -0.25) is 9.69 Å². The molecule has 2 atom stereocenters. The molecule has 30 heavy (non-hydrogen) atoms. The van der Waals surface area contributed by atoms with Gasteiger partial charge in [0, 0.05) is 18.2 Å². The average molecular weight is 422 g/mol. The zero-order chi connectivity index (χ0) is 22.5. The Hall–Kier alpha value is -2.97. The van der Waals surface area contributed by atoms with E-state index in [9.17, 15) is 14.4 Å². The van der Waals surface area contributed by atoms with E-state index in [-0.39, 0.29) is 0 Å². The third-order valence-corrected chi connectivity index (χ3v) is 5.09. The zero-order valence-corrected chi connectivity index (χ0v) is 18.3. The summed E-state index contributed by atoms with van der Waals surface area (Å²) in [4.78, 5) is 38.4. The van der Waals surface area contributed by atoms with Crippen LogP contribution in [-0.2, 0) is 24.7 Å². The minimum Gasteiger partial charge on any atom is -0.497 e. The number of nitrogens with one attached hydrogen (secondary N) is 1. The molecule has 1 aliphatic heterocycles. The van der Waals surface area contributed by atoms with Crippen molar-refractivity contribution < 1.29 is 33.3 Å². The molecule has 166 valence electrons. The summed E-state index contributed by atoms with van der Waals surface area (Å²) in [6.45, 7) is 5.43. The zero-order valence-electron chi connectivity index (χ0n) is 18.3. The molecule has 0 saturated carbocycles. The van der Waals surface area contributed by atoms with E-state index in [1.54, 1.807) is 46.3 Å². The summed E-state index contributed by atoms with van der Waals surface area (Å²) in [7, 11) is 4.33. The number of hydrogen-bond acceptors (Lipinski definition) is 7. The molecule has 1 saturated heterocycles. The summed E-state index contributed by atoms with van der Waals surface area (Å²) in [6, 6.07) is 3.75. The Balaban J connectivity index is 2.13. The SMILES string of the molecule is COC(=O)[C@@H](C)NC(=O)[C@@H]1CCCN1C(=O)OC(C)(C)c1cc(OC)cc(OC)c1. The number of methoxy groups -OCH3 is 3. The van der Waals surface area contributed by atoms with Gasteiger partial charge in [0.1, 0.15) is 29.2 Å². The molecule has 9 nitrogen and oxygen atoms in total. The van der Waals surface area contributed by atoms with Crippen molar-refractivity contribution in [3.8, 4) is 11.5 Å². The highest BCUT2D eigenvalue weighted by atomic mass is 16.6. The van der Waals surface area contributed by atoms with Gasteiger partial charge in [-0.2, -0.15) is 0 Å². The van der Waals surface area contributed by atoms with E-state index in [4.69, 9.17) is 14.2 Å². The number of rotatable bonds is 7. The van der Waals surface area contributed by atoms with Gasteiger partial charge >= 0.3 is 12.1 Å². The summed E-state index contributed by atoms with van der Waals surface area (Å²) in [5.41, 5.74) is -0.312. The van der Waals surface area contributed by atoms with Gasteiger partial charge in [0.15, 0.2) is 0 Å². The van der Waals surface area contributed by atoms with Crippen LogP contribution in [0.1, 0.15) is 39.2 Å². The molecule has 1 heterocycles. The van der Waals surface area contributed by atoms with Gasteiger partial charge in [-0.05, 0) is 45.7 Å². The fourth-order valence-electron chi connectivity index (χ4n) is 3.29. The molecule has 0 bridgehead atoms. The van der Waals surface area contributed by atoms with Crippen LogP contribution in [0, 0.1) is 0 Å². The first-order valence-corrected chi connectivity index (χ1v) is 9.74. The van der Waals surface area contributed by atoms with Gasteiger partial charge < -0.3 is 24.3 Å². The normalized spacial score (nSPS) is 17.1. The molecule has 1 N–H and O–H groups in total. The maximum absolute atomic E-state index is 12.9. The van der Waals surface area contributed by atoms with Crippen molar-refractivity contribution >= 4 is 18.0 Å². The molecule has 1 aromatic rings. The summed E-state index contributed by atoms with van der Waals surface area (Å²) in [6.07, 6.45) is 0.542. The van der Waals surface area contributed by atoms with E-state index in [1.807, 2.05) is 0 Å². The first-order valence-electron chi connectivity index (χ1n) is 9.74. The molecule has 0 aliphatic carbocycles. The molecular formula is C21H30N2O7. The number of likely N-dealkylation sites (tertiary alicyclic amines) is 1. The van der Waals surface area contributed by atoms with E-state index in [0.29, 0.717) is 36.4 Å². The smallest absolute Gasteiger partial charge is 0.411 e. The highest BCUT2D eigenvalue weighted by Gasteiger charge is 2.38. The lowest BCUT2D eigenvalue weighted by atomic mass is 9.97. The highest BCUT2D eigenvalue weighted by molar-refractivity contribution is 5.89. The molecule has 2 rings (SSSR count). The monoisotopic (exact) mass is 422 g/mol. The topological polar surface area (TPSA) is 103 Å². The van der Waals surface area contributed by atoms with E-state index < -0.39 is 35.7 Å². The first-order chi connectivity index (χ1) is 14.1. The van der Waals surface area contributed by atoms with Crippen LogP contribution in [0.25, 0.3) is 0 Å². The first kappa shape index (κ1) is 23.3. The van der Waals surface area contributed by atoms with Crippen LogP contribution in [-0.4, -0.2) is 62.8 Å². The van der Waals surface area contributed by atoms with E-state index in [1.165, 1.54) is 18.9 Å². The summed E-state index contributed by atoms with van der Waals surface area (Å²) in [5, 5.41) is 2.59. The molecule has 0 radical (unpaired) electrons. The molecule has 1 aromatic carbocycles. The highest BCUT2D eigenvalue weighted by Crippen LogP contribution is 2.33. The van der Waals surface area contributed by atoms with Crippen LogP contribution in [0.4, 0.5) is 4.79 Å². The van der Waals surface area contributed by atoms with Crippen LogP contribution in [0.3, 0.4) is 0 Å². The quantitative estimate of drug-likeness (QED) is 0.672. The Bertz CT molecular complexity index is 771. The Morgan fingerprint density at radius 1 is 1.10 bits per heavy atom. The Morgan fingerprint density at radius 3 is 2.23 bits per heavy atom. The summed E-state index contributed by atoms with van der Waals surface area (Å²) in [5.74, 6) is 0.180. The molecule has 9 heteroatoms. The second kappa shape index (κ2) is 9.69. The van der Waals surface area contributed by atoms with Gasteiger partial charge in [0.05, 0.1) is 21.3 Å². The number of nitrogens with zero attached hydrogens (tertiary/aromatic N) is 1. The van der Waals surface area contributed by atoms with Crippen molar-refractivity contribution in [1.29, 1.82) is 0 Å². The minimum absolute atomic E-state index is 0.390. The molecule has 2 amide bonds. The summed E-state index contributed by atoms with van der Waals surface area (Å²) >= 11 is 0. The van der Waals surface area contributed by atoms with Gasteiger partial charge in [-0.15, -0.1) is 0 Å². The van der Waals surface area contributed by atoms with Crippen molar-refractivity contribution in [1.82, 2.24) is 10.2 Å². The maximum atomic E-state index is 12.9. The van der Waals surface area contributed by atoms with E-state index in [0.717, 1.165) is 0 Å². The summed E-state index contributed by atoms with van der Waals surface area (Å²) < 4.78 is 21.0. The fourth-order valence-corrected chi connectivity index (χ4v) is 3.29. The van der Waals surface area contributed by atoms with Gasteiger partial charge in [0.25, 0.3) is 0 Å². The van der Waals surface area contributed by atoms with Crippen molar-refractivity contribution in [3.63, 3.8) is 0 Å². The number of carbonyl (C=O) groups is 3. The number of benzene rings is 1. The molecule has 0 unspecified atom stereocenters. The molecule has 1 fully saturated rings. The van der Waals surface area contributed by atoms with Crippen LogP contribution >= 0.6 is 0 Å². The number of ether oxygens (including phenoxy) is 4. The lowest BCUT2D eigenvalue weighted by molar-refractivity contribution is -0.145. The Labute approximate surface area is 176 Å². The van der Waals surface area contributed by atoms with Crippen molar-refractivity contribution in [3.05, 3.63) is 23.8 Å². The number of carbonyl (C=O) groups excluding carboxylic acids is 3. The van der Waals surface area contributed by atoms with E-state index in [2.05, 4.69) is 10.1 Å². The fraction of sp³-hybridized carbons (Fsp3) is 0.571. The molecule has 0 aromatic heterocycles. The Morgan fingerprint density at radius 2 is 1.70 bits per heavy atom. The molecule has 0 spiro atoms. The lowest BCUT2D eigenvalue weighted by Gasteiger charge is -2.31. The molecular weight excluding hydrogens is 392 g/mol.